The Labute approximate surface area is 121 Å². The second-order valence-electron chi connectivity index (χ2n) is 5.80. The molecule has 0 saturated heterocycles. The van der Waals surface area contributed by atoms with E-state index in [1.807, 2.05) is 31.2 Å². The zero-order valence-electron chi connectivity index (χ0n) is 12.4. The normalized spacial score (nSPS) is 17.4. The number of rotatable bonds is 6. The van der Waals surface area contributed by atoms with E-state index in [2.05, 4.69) is 17.6 Å². The highest BCUT2D eigenvalue weighted by molar-refractivity contribution is 5.89. The minimum absolute atomic E-state index is 0.0296. The Hall–Kier alpha value is -1.55. The van der Waals surface area contributed by atoms with Crippen LogP contribution in [0.5, 0.6) is 0 Å². The van der Waals surface area contributed by atoms with Crippen molar-refractivity contribution in [2.45, 2.75) is 51.6 Å². The van der Waals surface area contributed by atoms with Gasteiger partial charge < -0.3 is 16.4 Å². The van der Waals surface area contributed by atoms with E-state index in [-0.39, 0.29) is 18.1 Å². The van der Waals surface area contributed by atoms with E-state index in [0.717, 1.165) is 30.0 Å². The lowest BCUT2D eigenvalue weighted by Crippen LogP contribution is -2.37. The van der Waals surface area contributed by atoms with Crippen molar-refractivity contribution in [2.75, 3.05) is 5.32 Å². The molecule has 1 fully saturated rings. The van der Waals surface area contributed by atoms with Gasteiger partial charge in [0.2, 0.25) is 0 Å². The molecule has 0 spiro atoms. The van der Waals surface area contributed by atoms with Crippen LogP contribution >= 0.6 is 0 Å². The topological polar surface area (TPSA) is 67.2 Å². The fraction of sp³-hybridized carbons (Fsp3) is 0.562. The molecule has 2 atom stereocenters. The number of nitrogens with two attached hydrogens (primary N) is 1. The Kier molecular flexibility index (Phi) is 5.01. The molecular weight excluding hydrogens is 250 g/mol. The summed E-state index contributed by atoms with van der Waals surface area (Å²) in [5.41, 5.74) is 7.66. The van der Waals surface area contributed by atoms with Crippen molar-refractivity contribution < 1.29 is 4.79 Å². The Morgan fingerprint density at radius 3 is 2.80 bits per heavy atom. The van der Waals surface area contributed by atoms with Crippen molar-refractivity contribution in [1.29, 1.82) is 0 Å². The number of nitrogens with one attached hydrogen (secondary N) is 2. The number of hydrogen-bond acceptors (Lipinski definition) is 2. The highest BCUT2D eigenvalue weighted by Gasteiger charge is 2.25. The molecule has 2 amide bonds. The molecule has 4 nitrogen and oxygen atoms in total. The summed E-state index contributed by atoms with van der Waals surface area (Å²) in [5, 5.41) is 5.94. The predicted octanol–water partition coefficient (Wildman–Crippen LogP) is 3.41. The molecule has 110 valence electrons. The lowest BCUT2D eigenvalue weighted by Gasteiger charge is -2.17. The van der Waals surface area contributed by atoms with E-state index in [0.29, 0.717) is 0 Å². The van der Waals surface area contributed by atoms with Crippen LogP contribution in [0.4, 0.5) is 10.5 Å². The molecule has 20 heavy (non-hydrogen) atoms. The summed E-state index contributed by atoms with van der Waals surface area (Å²) in [7, 11) is 0. The standard InChI is InChI=1S/C16H25N3O/c1-3-14(9-12-7-8-12)18-16(20)19-15-6-4-5-13(10-15)11(2)17/h4-6,10-12,14H,3,7-9,17H2,1-2H3,(H2,18,19,20). The van der Waals surface area contributed by atoms with Crippen molar-refractivity contribution in [2.24, 2.45) is 11.7 Å². The van der Waals surface area contributed by atoms with Crippen LogP contribution in [-0.4, -0.2) is 12.1 Å². The zero-order valence-corrected chi connectivity index (χ0v) is 12.4. The number of carbonyl (C=O) groups is 1. The van der Waals surface area contributed by atoms with E-state index in [1.165, 1.54) is 12.8 Å². The molecule has 0 radical (unpaired) electrons. The van der Waals surface area contributed by atoms with Crippen LogP contribution < -0.4 is 16.4 Å². The molecule has 4 N–H and O–H groups in total. The molecule has 1 aliphatic rings. The summed E-state index contributed by atoms with van der Waals surface area (Å²) < 4.78 is 0. The first kappa shape index (κ1) is 14.9. The van der Waals surface area contributed by atoms with Crippen LogP contribution in [0.25, 0.3) is 0 Å². The lowest BCUT2D eigenvalue weighted by atomic mass is 10.1. The largest absolute Gasteiger partial charge is 0.335 e. The second-order valence-corrected chi connectivity index (χ2v) is 5.80. The third-order valence-corrected chi connectivity index (χ3v) is 3.81. The second kappa shape index (κ2) is 6.75. The maximum Gasteiger partial charge on any atom is 0.319 e. The van der Waals surface area contributed by atoms with Crippen LogP contribution in [-0.2, 0) is 0 Å². The van der Waals surface area contributed by atoms with E-state index in [9.17, 15) is 4.79 Å². The summed E-state index contributed by atoms with van der Waals surface area (Å²) >= 11 is 0. The van der Waals surface area contributed by atoms with Gasteiger partial charge >= 0.3 is 6.03 Å². The minimum Gasteiger partial charge on any atom is -0.335 e. The highest BCUT2D eigenvalue weighted by Crippen LogP contribution is 2.34. The van der Waals surface area contributed by atoms with Gasteiger partial charge in [0.1, 0.15) is 0 Å². The van der Waals surface area contributed by atoms with Crippen molar-refractivity contribution >= 4 is 11.7 Å². The average molecular weight is 275 g/mol. The molecule has 1 saturated carbocycles. The van der Waals surface area contributed by atoms with Gasteiger partial charge in [0.05, 0.1) is 0 Å². The summed E-state index contributed by atoms with van der Waals surface area (Å²) in [4.78, 5) is 12.0. The van der Waals surface area contributed by atoms with Crippen molar-refractivity contribution in [3.8, 4) is 0 Å². The van der Waals surface area contributed by atoms with Crippen LogP contribution in [0, 0.1) is 5.92 Å². The number of hydrogen-bond donors (Lipinski definition) is 3. The summed E-state index contributed by atoms with van der Waals surface area (Å²) in [6.07, 6.45) is 4.71. The fourth-order valence-electron chi connectivity index (χ4n) is 2.34. The van der Waals surface area contributed by atoms with Crippen LogP contribution in [0.15, 0.2) is 24.3 Å². The molecule has 1 aromatic rings. The van der Waals surface area contributed by atoms with Crippen molar-refractivity contribution in [3.63, 3.8) is 0 Å². The van der Waals surface area contributed by atoms with Gasteiger partial charge in [0, 0.05) is 17.8 Å². The number of carbonyl (C=O) groups excluding carboxylic acids is 1. The number of amides is 2. The number of benzene rings is 1. The summed E-state index contributed by atoms with van der Waals surface area (Å²) in [5.74, 6) is 0.821. The van der Waals surface area contributed by atoms with Gasteiger partial charge in [-0.2, -0.15) is 0 Å². The molecule has 4 heteroatoms. The molecular formula is C16H25N3O. The van der Waals surface area contributed by atoms with E-state index in [1.54, 1.807) is 0 Å². The Balaban J connectivity index is 1.87. The SMILES string of the molecule is CCC(CC1CC1)NC(=O)Nc1cccc(C(C)N)c1. The van der Waals surface area contributed by atoms with Gasteiger partial charge in [-0.15, -0.1) is 0 Å². The number of anilines is 1. The summed E-state index contributed by atoms with van der Waals surface area (Å²) in [6.45, 7) is 4.05. The third-order valence-electron chi connectivity index (χ3n) is 3.81. The smallest absolute Gasteiger partial charge is 0.319 e. The van der Waals surface area contributed by atoms with Crippen LogP contribution in [0.1, 0.15) is 51.1 Å². The first-order chi connectivity index (χ1) is 9.58. The van der Waals surface area contributed by atoms with Crippen molar-refractivity contribution in [1.82, 2.24) is 5.32 Å². The van der Waals surface area contributed by atoms with Gasteiger partial charge in [-0.25, -0.2) is 4.79 Å². The monoisotopic (exact) mass is 275 g/mol. The lowest BCUT2D eigenvalue weighted by molar-refractivity contribution is 0.246. The highest BCUT2D eigenvalue weighted by atomic mass is 16.2. The Morgan fingerprint density at radius 2 is 2.20 bits per heavy atom. The first-order valence-electron chi connectivity index (χ1n) is 7.51. The van der Waals surface area contributed by atoms with E-state index >= 15 is 0 Å². The van der Waals surface area contributed by atoms with E-state index in [4.69, 9.17) is 5.73 Å². The maximum atomic E-state index is 12.0. The predicted molar refractivity (Wildman–Crippen MR) is 82.6 cm³/mol. The molecule has 0 bridgehead atoms. The first-order valence-corrected chi connectivity index (χ1v) is 7.51. The van der Waals surface area contributed by atoms with Gasteiger partial charge in [-0.3, -0.25) is 0 Å². The molecule has 2 rings (SSSR count). The Morgan fingerprint density at radius 1 is 1.45 bits per heavy atom. The molecule has 2 unspecified atom stereocenters. The fourth-order valence-corrected chi connectivity index (χ4v) is 2.34. The van der Waals surface area contributed by atoms with E-state index < -0.39 is 0 Å². The van der Waals surface area contributed by atoms with Crippen molar-refractivity contribution in [3.05, 3.63) is 29.8 Å². The molecule has 0 aromatic heterocycles. The zero-order chi connectivity index (χ0) is 14.5. The maximum absolute atomic E-state index is 12.0. The quantitative estimate of drug-likeness (QED) is 0.744. The van der Waals surface area contributed by atoms with Gasteiger partial charge in [-0.05, 0) is 43.4 Å². The van der Waals surface area contributed by atoms with Crippen LogP contribution in [0.2, 0.25) is 0 Å². The molecule has 0 heterocycles. The molecule has 1 aromatic carbocycles. The Bertz CT molecular complexity index is 455. The molecule has 1 aliphatic carbocycles. The third kappa shape index (κ3) is 4.53. The van der Waals surface area contributed by atoms with Gasteiger partial charge in [-0.1, -0.05) is 31.9 Å². The van der Waals surface area contributed by atoms with Gasteiger partial charge in [0.25, 0.3) is 0 Å². The molecule has 0 aliphatic heterocycles. The minimum atomic E-state index is -0.126. The van der Waals surface area contributed by atoms with Gasteiger partial charge in [0.15, 0.2) is 0 Å². The number of urea groups is 1. The average Bonchev–Trinajstić information content (AvgIpc) is 3.22. The van der Waals surface area contributed by atoms with Crippen LogP contribution in [0.3, 0.4) is 0 Å². The summed E-state index contributed by atoms with van der Waals surface area (Å²) in [6, 6.07) is 7.81.